The Kier molecular flexibility index (Phi) is 7.88. The second kappa shape index (κ2) is 12.2. The monoisotopic (exact) mass is 628 g/mol. The minimum absolute atomic E-state index is 0.322. The largest absolute Gasteiger partial charge is 0.487 e. The lowest BCUT2D eigenvalue weighted by atomic mass is 9.48. The molecule has 1 heterocycles. The van der Waals surface area contributed by atoms with Crippen molar-refractivity contribution in [3.05, 3.63) is 47.5 Å². The van der Waals surface area contributed by atoms with E-state index in [1.54, 1.807) is 0 Å². The highest BCUT2D eigenvalue weighted by Gasteiger charge is 2.53. The molecule has 0 N–H and O–H groups in total. The molecule has 8 bridgehead atoms. The highest BCUT2D eigenvalue weighted by molar-refractivity contribution is 5.47. The molecule has 0 atom stereocenters. The maximum absolute atomic E-state index is 6.36. The van der Waals surface area contributed by atoms with E-state index in [0.29, 0.717) is 63.7 Å². The number of rotatable bonds is 2. The van der Waals surface area contributed by atoms with Crippen molar-refractivity contribution < 1.29 is 28.4 Å². The van der Waals surface area contributed by atoms with Crippen LogP contribution in [-0.4, -0.2) is 52.9 Å². The Bertz CT molecular complexity index is 1220. The van der Waals surface area contributed by atoms with Crippen molar-refractivity contribution in [1.29, 1.82) is 0 Å². The maximum Gasteiger partial charge on any atom is 0.161 e. The molecule has 0 amide bonds. The summed E-state index contributed by atoms with van der Waals surface area (Å²) in [6.07, 6.45) is 16.7. The molecule has 8 fully saturated rings. The van der Waals surface area contributed by atoms with Crippen LogP contribution in [-0.2, 0) is 20.3 Å². The van der Waals surface area contributed by atoms with Crippen molar-refractivity contribution in [1.82, 2.24) is 0 Å². The van der Waals surface area contributed by atoms with E-state index in [-0.39, 0.29) is 0 Å². The molecular formula is C40H52O6. The van der Waals surface area contributed by atoms with Crippen LogP contribution in [0.15, 0.2) is 36.4 Å². The summed E-state index contributed by atoms with van der Waals surface area (Å²) in [4.78, 5) is 0. The third-order valence-corrected chi connectivity index (χ3v) is 13.1. The van der Waals surface area contributed by atoms with E-state index < -0.39 is 0 Å². The topological polar surface area (TPSA) is 55.4 Å². The van der Waals surface area contributed by atoms with Gasteiger partial charge in [0.05, 0.1) is 26.4 Å². The van der Waals surface area contributed by atoms with Gasteiger partial charge in [-0.25, -0.2) is 0 Å². The predicted octanol–water partition coefficient (Wildman–Crippen LogP) is 7.88. The standard InChI is InChI=1S/C40H52O6/c1-3-35-37(19-33(1)39-21-27-13-28(22-39)15-29(14-27)23-39)45-11-7-42-6-10-44-36-4-2-34(20-38(36)46-12-8-41-5-9-43-35)40-24-30-16-31(25-40)18-32(17-30)26-40/h1-4,19-20,27-32H,5-18,21-26H2. The van der Waals surface area contributed by atoms with Crippen LogP contribution in [0.1, 0.15) is 88.2 Å². The summed E-state index contributed by atoms with van der Waals surface area (Å²) in [6, 6.07) is 13.5. The van der Waals surface area contributed by atoms with Crippen LogP contribution in [0.2, 0.25) is 0 Å². The summed E-state index contributed by atoms with van der Waals surface area (Å²) in [6.45, 7) is 3.90. The van der Waals surface area contributed by atoms with Crippen LogP contribution in [0, 0.1) is 35.5 Å². The first kappa shape index (κ1) is 29.7. The van der Waals surface area contributed by atoms with Crippen LogP contribution in [0.4, 0.5) is 0 Å². The number of benzene rings is 2. The first-order chi connectivity index (χ1) is 22.6. The molecule has 0 spiro atoms. The zero-order chi connectivity index (χ0) is 30.6. The molecule has 8 aliphatic carbocycles. The SMILES string of the molecule is c1cc2c(cc1C13CC4CC(CC(C4)C1)C3)OCCOCCOc1ccc(C34CC5CC(CC(C5)C3)C4)cc1OCCOCCO2. The highest BCUT2D eigenvalue weighted by atomic mass is 16.6. The van der Waals surface area contributed by atoms with E-state index in [4.69, 9.17) is 28.4 Å². The minimum atomic E-state index is 0.322. The van der Waals surface area contributed by atoms with Gasteiger partial charge in [0.2, 0.25) is 0 Å². The number of hydrogen-bond acceptors (Lipinski definition) is 6. The maximum atomic E-state index is 6.36. The van der Waals surface area contributed by atoms with Gasteiger partial charge in [-0.3, -0.25) is 0 Å². The second-order valence-electron chi connectivity index (χ2n) is 16.3. The van der Waals surface area contributed by atoms with Crippen LogP contribution in [0.25, 0.3) is 0 Å². The number of fused-ring (bicyclic) bond motifs is 2. The fourth-order valence-electron chi connectivity index (χ4n) is 12.1. The van der Waals surface area contributed by atoms with E-state index in [9.17, 15) is 0 Å². The van der Waals surface area contributed by atoms with Crippen molar-refractivity contribution in [2.24, 2.45) is 35.5 Å². The van der Waals surface area contributed by atoms with E-state index in [1.165, 1.54) is 88.2 Å². The Labute approximate surface area is 274 Å². The lowest BCUT2D eigenvalue weighted by Crippen LogP contribution is -2.48. The van der Waals surface area contributed by atoms with Crippen molar-refractivity contribution in [3.8, 4) is 23.0 Å². The summed E-state index contributed by atoms with van der Waals surface area (Å²) >= 11 is 0. The van der Waals surface area contributed by atoms with E-state index in [2.05, 4.69) is 36.4 Å². The summed E-state index contributed by atoms with van der Waals surface area (Å²) in [7, 11) is 0. The first-order valence-corrected chi connectivity index (χ1v) is 18.6. The van der Waals surface area contributed by atoms with Gasteiger partial charge in [-0.1, -0.05) is 12.1 Å². The van der Waals surface area contributed by atoms with Gasteiger partial charge in [-0.05, 0) is 159 Å². The molecular weight excluding hydrogens is 576 g/mol. The van der Waals surface area contributed by atoms with Crippen molar-refractivity contribution in [2.45, 2.75) is 87.9 Å². The average Bonchev–Trinajstić information content (AvgIpc) is 3.03. The molecule has 0 radical (unpaired) electrons. The Morgan fingerprint density at radius 2 is 0.674 bits per heavy atom. The second-order valence-corrected chi connectivity index (χ2v) is 16.3. The Morgan fingerprint density at radius 3 is 1.00 bits per heavy atom. The van der Waals surface area contributed by atoms with E-state index in [0.717, 1.165) is 58.5 Å². The molecule has 2 aromatic rings. The molecule has 0 unspecified atom stereocenters. The molecule has 46 heavy (non-hydrogen) atoms. The van der Waals surface area contributed by atoms with Crippen LogP contribution >= 0.6 is 0 Å². The molecule has 8 saturated carbocycles. The van der Waals surface area contributed by atoms with E-state index >= 15 is 0 Å². The van der Waals surface area contributed by atoms with Gasteiger partial charge in [0.25, 0.3) is 0 Å². The fourth-order valence-corrected chi connectivity index (χ4v) is 12.1. The van der Waals surface area contributed by atoms with Gasteiger partial charge in [-0.2, -0.15) is 0 Å². The smallest absolute Gasteiger partial charge is 0.161 e. The summed E-state index contributed by atoms with van der Waals surface area (Å²) in [5.41, 5.74) is 3.54. The molecule has 9 aliphatic rings. The molecule has 1 aliphatic heterocycles. The number of hydrogen-bond donors (Lipinski definition) is 0. The summed E-state index contributed by atoms with van der Waals surface area (Å²) in [5, 5.41) is 0. The molecule has 2 aromatic carbocycles. The zero-order valence-corrected chi connectivity index (χ0v) is 27.5. The fraction of sp³-hybridized carbons (Fsp3) is 0.700. The lowest BCUT2D eigenvalue weighted by Gasteiger charge is -2.57. The quantitative estimate of drug-likeness (QED) is 0.337. The third-order valence-electron chi connectivity index (χ3n) is 13.1. The third kappa shape index (κ3) is 5.70. The predicted molar refractivity (Wildman–Crippen MR) is 176 cm³/mol. The number of ether oxygens (including phenoxy) is 6. The van der Waals surface area contributed by atoms with Gasteiger partial charge >= 0.3 is 0 Å². The molecule has 248 valence electrons. The lowest BCUT2D eigenvalue weighted by molar-refractivity contribution is -0.00553. The van der Waals surface area contributed by atoms with Gasteiger partial charge < -0.3 is 28.4 Å². The van der Waals surface area contributed by atoms with Crippen LogP contribution in [0.3, 0.4) is 0 Å². The molecule has 11 rings (SSSR count). The minimum Gasteiger partial charge on any atom is -0.487 e. The van der Waals surface area contributed by atoms with Gasteiger partial charge in [-0.15, -0.1) is 0 Å². The Morgan fingerprint density at radius 1 is 0.370 bits per heavy atom. The van der Waals surface area contributed by atoms with Gasteiger partial charge in [0.1, 0.15) is 26.4 Å². The van der Waals surface area contributed by atoms with Crippen molar-refractivity contribution in [3.63, 3.8) is 0 Å². The van der Waals surface area contributed by atoms with Crippen molar-refractivity contribution >= 4 is 0 Å². The van der Waals surface area contributed by atoms with Gasteiger partial charge in [0.15, 0.2) is 23.0 Å². The summed E-state index contributed by atoms with van der Waals surface area (Å²) < 4.78 is 37.2. The summed E-state index contributed by atoms with van der Waals surface area (Å²) in [5.74, 6) is 8.71. The molecule has 0 saturated heterocycles. The normalized spacial score (nSPS) is 38.7. The van der Waals surface area contributed by atoms with Crippen LogP contribution < -0.4 is 18.9 Å². The average molecular weight is 629 g/mol. The van der Waals surface area contributed by atoms with Gasteiger partial charge in [0, 0.05) is 0 Å². The zero-order valence-electron chi connectivity index (χ0n) is 27.5. The molecule has 0 aromatic heterocycles. The highest BCUT2D eigenvalue weighted by Crippen LogP contribution is 2.62. The Hall–Kier alpha value is -2.44. The van der Waals surface area contributed by atoms with E-state index in [1.807, 2.05) is 0 Å². The van der Waals surface area contributed by atoms with Crippen molar-refractivity contribution in [2.75, 3.05) is 52.9 Å². The van der Waals surface area contributed by atoms with Crippen LogP contribution in [0.5, 0.6) is 23.0 Å². The first-order valence-electron chi connectivity index (χ1n) is 18.6. The molecule has 6 nitrogen and oxygen atoms in total. The molecule has 6 heteroatoms. The Balaban J connectivity index is 0.865.